The van der Waals surface area contributed by atoms with Crippen molar-refractivity contribution in [3.63, 3.8) is 0 Å². The second-order valence-corrected chi connectivity index (χ2v) is 15.0. The normalized spacial score (nSPS) is 21.9. The van der Waals surface area contributed by atoms with Crippen LogP contribution >= 0.6 is 23.2 Å². The number of rotatable bonds is 14. The number of nitrogens with zero attached hydrogens (tertiary/aromatic N) is 2. The molecule has 1 heterocycles. The lowest BCUT2D eigenvalue weighted by atomic mass is 9.89. The van der Waals surface area contributed by atoms with Gasteiger partial charge in [-0.25, -0.2) is 0 Å². The Morgan fingerprint density at radius 3 is 2.20 bits per heavy atom. The Bertz CT molecular complexity index is 1640. The highest BCUT2D eigenvalue weighted by Crippen LogP contribution is 2.65. The maximum atomic E-state index is 13.9. The van der Waals surface area contributed by atoms with Gasteiger partial charge < -0.3 is 25.8 Å². The number of allylic oxidation sites excluding steroid dienone is 1. The summed E-state index contributed by atoms with van der Waals surface area (Å²) in [5, 5.41) is 7.60. The highest BCUT2D eigenvalue weighted by atomic mass is 35.5. The molecule has 0 bridgehead atoms. The largest absolute Gasteiger partial charge is 0.347 e. The summed E-state index contributed by atoms with van der Waals surface area (Å²) in [6.07, 6.45) is 3.43. The molecule has 13 heteroatoms. The van der Waals surface area contributed by atoms with Gasteiger partial charge in [-0.05, 0) is 48.3 Å². The zero-order chi connectivity index (χ0) is 36.3. The molecule has 2 aromatic rings. The van der Waals surface area contributed by atoms with Gasteiger partial charge in [-0.3, -0.25) is 28.8 Å². The van der Waals surface area contributed by atoms with E-state index in [-0.39, 0.29) is 42.5 Å². The third kappa shape index (κ3) is 7.73. The van der Waals surface area contributed by atoms with Crippen molar-refractivity contribution in [2.45, 2.75) is 55.1 Å². The van der Waals surface area contributed by atoms with Crippen LogP contribution in [0, 0.1) is 23.7 Å². The molecule has 2 fully saturated rings. The van der Waals surface area contributed by atoms with Gasteiger partial charge in [0.1, 0.15) is 16.4 Å². The predicted octanol–water partition coefficient (Wildman–Crippen LogP) is 2.75. The molecule has 266 valence electrons. The SMILES string of the molecule is C=CCCC(NC(=O)[C@@H]1[C@@H]2[C@H](CN1C(=O)[C@@H](C)C1Cc3ccccc3C1)C2(Cl)Cl)C(=O)C(=O)NCC(=O)N[C@H](C(=O)N(C)C)c1ccccc1. The maximum absolute atomic E-state index is 13.9. The summed E-state index contributed by atoms with van der Waals surface area (Å²) in [6, 6.07) is 13.4. The summed E-state index contributed by atoms with van der Waals surface area (Å²) in [5.41, 5.74) is 2.98. The van der Waals surface area contributed by atoms with Crippen LogP contribution in [-0.2, 0) is 41.6 Å². The van der Waals surface area contributed by atoms with Gasteiger partial charge in [0.2, 0.25) is 29.4 Å². The minimum atomic E-state index is -1.27. The summed E-state index contributed by atoms with van der Waals surface area (Å²) in [6.45, 7) is 5.18. The van der Waals surface area contributed by atoms with Gasteiger partial charge in [-0.1, -0.05) is 67.6 Å². The summed E-state index contributed by atoms with van der Waals surface area (Å²) in [5.74, 6) is -5.08. The number of Topliss-reactive ketones (excluding diaryl/α,β-unsaturated/α-hetero) is 1. The average Bonchev–Trinajstić information content (AvgIpc) is 3.46. The quantitative estimate of drug-likeness (QED) is 0.155. The molecule has 11 nitrogen and oxygen atoms in total. The number of likely N-dealkylation sites (N-methyl/N-ethyl adjacent to an activating group) is 1. The molecule has 1 unspecified atom stereocenters. The van der Waals surface area contributed by atoms with Crippen LogP contribution in [0.15, 0.2) is 67.3 Å². The molecule has 0 aromatic heterocycles. The van der Waals surface area contributed by atoms with Crippen molar-refractivity contribution < 1.29 is 28.8 Å². The number of likely N-dealkylation sites (tertiary alicyclic amines) is 1. The average molecular weight is 725 g/mol. The molecular weight excluding hydrogens is 681 g/mol. The van der Waals surface area contributed by atoms with E-state index in [1.165, 1.54) is 20.9 Å². The highest BCUT2D eigenvalue weighted by molar-refractivity contribution is 6.51. The van der Waals surface area contributed by atoms with Crippen molar-refractivity contribution >= 4 is 58.5 Å². The molecular formula is C37H43Cl2N5O6. The molecule has 5 amide bonds. The number of carbonyl (C=O) groups excluding carboxylic acids is 6. The fraction of sp³-hybridized carbons (Fsp3) is 0.459. The number of amides is 5. The summed E-state index contributed by atoms with van der Waals surface area (Å²) in [4.78, 5) is 82.8. The smallest absolute Gasteiger partial charge is 0.290 e. The molecule has 1 aliphatic heterocycles. The van der Waals surface area contributed by atoms with Gasteiger partial charge in [0, 0.05) is 38.4 Å². The summed E-state index contributed by atoms with van der Waals surface area (Å²) < 4.78 is -1.19. The number of nitrogens with one attached hydrogen (secondary N) is 3. The van der Waals surface area contributed by atoms with Crippen molar-refractivity contribution in [3.8, 4) is 0 Å². The van der Waals surface area contributed by atoms with Crippen LogP contribution in [-0.4, -0.2) is 88.7 Å². The van der Waals surface area contributed by atoms with Gasteiger partial charge in [-0.2, -0.15) is 0 Å². The summed E-state index contributed by atoms with van der Waals surface area (Å²) >= 11 is 13.1. The summed E-state index contributed by atoms with van der Waals surface area (Å²) in [7, 11) is 3.12. The van der Waals surface area contributed by atoms with Crippen LogP contribution in [0.5, 0.6) is 0 Å². The Labute approximate surface area is 302 Å². The molecule has 1 saturated carbocycles. The number of hydrogen-bond donors (Lipinski definition) is 3. The van der Waals surface area contributed by atoms with Gasteiger partial charge in [0.05, 0.1) is 12.6 Å². The lowest BCUT2D eigenvalue weighted by molar-refractivity contribution is -0.145. The van der Waals surface area contributed by atoms with Crippen LogP contribution in [0.4, 0.5) is 0 Å². The molecule has 2 aromatic carbocycles. The lowest BCUT2D eigenvalue weighted by Crippen LogP contribution is -2.56. The highest BCUT2D eigenvalue weighted by Gasteiger charge is 2.74. The van der Waals surface area contributed by atoms with E-state index in [1.807, 2.05) is 19.1 Å². The Hall–Kier alpha value is -4.22. The molecule has 0 spiro atoms. The monoisotopic (exact) mass is 723 g/mol. The van der Waals surface area contributed by atoms with E-state index in [9.17, 15) is 28.8 Å². The second kappa shape index (κ2) is 15.3. The Morgan fingerprint density at radius 1 is 0.980 bits per heavy atom. The standard InChI is InChI=1S/C37H43Cl2N5O6/c1-5-6-16-27(32(46)34(48)40-19-28(45)42-30(36(50)43(3)4)22-12-8-7-9-13-22)41-33(47)31-29-26(37(29,38)39)20-44(31)35(49)21(2)25-17-23-14-10-11-15-24(23)18-25/h5,7-15,21,25-27,29-31H,1,6,16-20H2,2-4H3,(H,40,48)(H,41,47)(H,42,45)/t21-,26-,27?,29-,30-,31-/m0/s1. The van der Waals surface area contributed by atoms with Crippen LogP contribution in [0.1, 0.15) is 42.5 Å². The van der Waals surface area contributed by atoms with Crippen LogP contribution < -0.4 is 16.0 Å². The molecule has 0 radical (unpaired) electrons. The van der Waals surface area contributed by atoms with E-state index in [4.69, 9.17) is 23.2 Å². The fourth-order valence-corrected chi connectivity index (χ4v) is 7.99. The number of ketones is 1. The maximum Gasteiger partial charge on any atom is 0.290 e. The molecule has 5 rings (SSSR count). The predicted molar refractivity (Wildman–Crippen MR) is 189 cm³/mol. The van der Waals surface area contributed by atoms with Crippen molar-refractivity contribution in [1.29, 1.82) is 0 Å². The molecule has 2 aliphatic carbocycles. The molecule has 6 atom stereocenters. The number of fused-ring (bicyclic) bond motifs is 2. The Kier molecular flexibility index (Phi) is 11.4. The van der Waals surface area contributed by atoms with Crippen LogP contribution in [0.25, 0.3) is 0 Å². The molecule has 3 aliphatic rings. The van der Waals surface area contributed by atoms with Crippen molar-refractivity contribution in [3.05, 3.63) is 83.9 Å². The Morgan fingerprint density at radius 2 is 1.60 bits per heavy atom. The van der Waals surface area contributed by atoms with Crippen molar-refractivity contribution in [2.24, 2.45) is 23.7 Å². The first-order chi connectivity index (χ1) is 23.8. The van der Waals surface area contributed by atoms with Crippen LogP contribution in [0.3, 0.4) is 0 Å². The first kappa shape index (κ1) is 37.0. The minimum absolute atomic E-state index is 0.0551. The second-order valence-electron chi connectivity index (χ2n) is 13.6. The van der Waals surface area contributed by atoms with E-state index in [2.05, 4.69) is 34.7 Å². The van der Waals surface area contributed by atoms with Crippen LogP contribution in [0.2, 0.25) is 0 Å². The minimum Gasteiger partial charge on any atom is -0.347 e. The van der Waals surface area contributed by atoms with E-state index >= 15 is 0 Å². The first-order valence-electron chi connectivity index (χ1n) is 16.8. The van der Waals surface area contributed by atoms with Crippen molar-refractivity contribution in [1.82, 2.24) is 25.8 Å². The third-order valence-corrected chi connectivity index (χ3v) is 11.2. The number of benzene rings is 2. The lowest BCUT2D eigenvalue weighted by Gasteiger charge is -2.33. The van der Waals surface area contributed by atoms with Crippen molar-refractivity contribution in [2.75, 3.05) is 27.2 Å². The van der Waals surface area contributed by atoms with Gasteiger partial charge in [0.15, 0.2) is 0 Å². The van der Waals surface area contributed by atoms with E-state index in [0.29, 0.717) is 12.0 Å². The van der Waals surface area contributed by atoms with E-state index in [0.717, 1.165) is 12.8 Å². The molecule has 50 heavy (non-hydrogen) atoms. The van der Waals surface area contributed by atoms with Gasteiger partial charge in [-0.15, -0.1) is 29.8 Å². The third-order valence-electron chi connectivity index (χ3n) is 10.1. The van der Waals surface area contributed by atoms with Gasteiger partial charge in [0.25, 0.3) is 5.91 Å². The van der Waals surface area contributed by atoms with E-state index in [1.54, 1.807) is 50.5 Å². The first-order valence-corrected chi connectivity index (χ1v) is 17.6. The topological polar surface area (TPSA) is 145 Å². The zero-order valence-corrected chi connectivity index (χ0v) is 29.9. The van der Waals surface area contributed by atoms with Gasteiger partial charge >= 0.3 is 0 Å². The zero-order valence-electron chi connectivity index (χ0n) is 28.4. The Balaban J connectivity index is 1.23. The van der Waals surface area contributed by atoms with E-state index < -0.39 is 58.4 Å². The number of alkyl halides is 2. The number of halogens is 2. The fourth-order valence-electron chi connectivity index (χ4n) is 7.16. The molecule has 3 N–H and O–H groups in total. The molecule has 1 saturated heterocycles. The number of hydrogen-bond acceptors (Lipinski definition) is 6. The number of piperidine rings is 1. The number of carbonyl (C=O) groups is 6.